The number of carboxylic acid groups (broad SMARTS) is 1. The van der Waals surface area contributed by atoms with Crippen LogP contribution >= 0.6 is 0 Å². The van der Waals surface area contributed by atoms with Gasteiger partial charge in [0.05, 0.1) is 19.1 Å². The summed E-state index contributed by atoms with van der Waals surface area (Å²) in [4.78, 5) is 20.9. The average molecular weight is 190 g/mol. The van der Waals surface area contributed by atoms with Crippen molar-refractivity contribution in [2.75, 3.05) is 6.61 Å². The highest BCUT2D eigenvalue weighted by Gasteiger charge is 2.10. The molecule has 0 spiro atoms. The number of hydrogen-bond acceptors (Lipinski definition) is 4. The van der Waals surface area contributed by atoms with E-state index in [9.17, 15) is 9.59 Å². The minimum absolute atomic E-state index is 0.0203. The van der Waals surface area contributed by atoms with Crippen LogP contribution in [0.25, 0.3) is 0 Å². The topological polar surface area (TPSA) is 83.8 Å². The van der Waals surface area contributed by atoms with Crippen LogP contribution in [0.3, 0.4) is 0 Å². The second-order valence-corrected chi connectivity index (χ2v) is 2.71. The predicted molar refractivity (Wildman–Crippen MR) is 44.1 cm³/mol. The van der Waals surface area contributed by atoms with E-state index in [0.717, 1.165) is 0 Å². The lowest BCUT2D eigenvalue weighted by Gasteiger charge is -2.10. The lowest BCUT2D eigenvalue weighted by molar-refractivity contribution is -0.150. The van der Waals surface area contributed by atoms with Crippen LogP contribution in [0.4, 0.5) is 0 Å². The Morgan fingerprint density at radius 2 is 2.00 bits per heavy atom. The number of ether oxygens (including phenoxy) is 1. The van der Waals surface area contributed by atoms with E-state index in [4.69, 9.17) is 14.9 Å². The second kappa shape index (κ2) is 6.42. The maximum atomic E-state index is 10.8. The van der Waals surface area contributed by atoms with Gasteiger partial charge in [0.15, 0.2) is 0 Å². The van der Waals surface area contributed by atoms with Crippen LogP contribution in [0.2, 0.25) is 0 Å². The summed E-state index contributed by atoms with van der Waals surface area (Å²) in [5.41, 5.74) is 0. The molecule has 0 radical (unpaired) electrons. The SMILES string of the molecule is CC(CCC(=O)O)OC(=O)CCO. The number of aliphatic hydroxyl groups excluding tert-OH is 1. The van der Waals surface area contributed by atoms with E-state index in [-0.39, 0.29) is 19.4 Å². The molecule has 0 saturated carbocycles. The number of aliphatic hydroxyl groups is 1. The third-order valence-corrected chi connectivity index (χ3v) is 1.41. The highest BCUT2D eigenvalue weighted by atomic mass is 16.5. The van der Waals surface area contributed by atoms with Crippen molar-refractivity contribution in [3.05, 3.63) is 0 Å². The first-order valence-electron chi connectivity index (χ1n) is 4.08. The van der Waals surface area contributed by atoms with E-state index in [1.165, 1.54) is 0 Å². The molecule has 0 rings (SSSR count). The first-order chi connectivity index (χ1) is 6.06. The molecule has 2 N–H and O–H groups in total. The fourth-order valence-corrected chi connectivity index (χ4v) is 0.760. The van der Waals surface area contributed by atoms with Crippen molar-refractivity contribution in [3.63, 3.8) is 0 Å². The van der Waals surface area contributed by atoms with Crippen LogP contribution in [0.1, 0.15) is 26.2 Å². The Morgan fingerprint density at radius 3 is 2.46 bits per heavy atom. The lowest BCUT2D eigenvalue weighted by atomic mass is 10.2. The van der Waals surface area contributed by atoms with Gasteiger partial charge in [-0.2, -0.15) is 0 Å². The molecule has 0 aromatic carbocycles. The molecule has 0 amide bonds. The highest BCUT2D eigenvalue weighted by Crippen LogP contribution is 2.02. The van der Waals surface area contributed by atoms with Gasteiger partial charge in [-0.25, -0.2) is 0 Å². The van der Waals surface area contributed by atoms with Crippen molar-refractivity contribution in [1.82, 2.24) is 0 Å². The van der Waals surface area contributed by atoms with Gasteiger partial charge in [-0.05, 0) is 13.3 Å². The van der Waals surface area contributed by atoms with Crippen molar-refractivity contribution in [2.24, 2.45) is 0 Å². The summed E-state index contributed by atoms with van der Waals surface area (Å²) in [7, 11) is 0. The van der Waals surface area contributed by atoms with Crippen molar-refractivity contribution >= 4 is 11.9 Å². The summed E-state index contributed by atoms with van der Waals surface area (Å²) in [6, 6.07) is 0. The molecular formula is C8H14O5. The Morgan fingerprint density at radius 1 is 1.38 bits per heavy atom. The summed E-state index contributed by atoms with van der Waals surface area (Å²) in [5.74, 6) is -1.41. The number of rotatable bonds is 6. The molecule has 0 heterocycles. The Balaban J connectivity index is 3.55. The molecule has 5 heteroatoms. The van der Waals surface area contributed by atoms with E-state index in [1.54, 1.807) is 6.92 Å². The Labute approximate surface area is 76.3 Å². The number of hydrogen-bond donors (Lipinski definition) is 2. The number of carbonyl (C=O) groups excluding carboxylic acids is 1. The second-order valence-electron chi connectivity index (χ2n) is 2.71. The maximum absolute atomic E-state index is 10.8. The number of carboxylic acids is 1. The molecule has 0 aliphatic rings. The van der Waals surface area contributed by atoms with E-state index >= 15 is 0 Å². The van der Waals surface area contributed by atoms with Gasteiger partial charge in [0, 0.05) is 6.42 Å². The molecule has 1 atom stereocenters. The van der Waals surface area contributed by atoms with E-state index in [2.05, 4.69) is 0 Å². The largest absolute Gasteiger partial charge is 0.481 e. The zero-order chi connectivity index (χ0) is 10.3. The number of esters is 1. The molecule has 0 aliphatic carbocycles. The molecule has 0 aliphatic heterocycles. The summed E-state index contributed by atoms with van der Waals surface area (Å²) >= 11 is 0. The van der Waals surface area contributed by atoms with E-state index in [0.29, 0.717) is 6.42 Å². The summed E-state index contributed by atoms with van der Waals surface area (Å²) in [6.45, 7) is 1.38. The molecule has 0 aromatic heterocycles. The Kier molecular flexibility index (Phi) is 5.88. The molecule has 1 unspecified atom stereocenters. The molecule has 5 nitrogen and oxygen atoms in total. The van der Waals surface area contributed by atoms with Gasteiger partial charge in [-0.15, -0.1) is 0 Å². The fourth-order valence-electron chi connectivity index (χ4n) is 0.760. The van der Waals surface area contributed by atoms with Crippen LogP contribution in [-0.4, -0.2) is 34.9 Å². The molecular weight excluding hydrogens is 176 g/mol. The summed E-state index contributed by atoms with van der Waals surface area (Å²) in [5, 5.41) is 16.7. The fraction of sp³-hybridized carbons (Fsp3) is 0.750. The van der Waals surface area contributed by atoms with Crippen LogP contribution in [0, 0.1) is 0 Å². The zero-order valence-corrected chi connectivity index (χ0v) is 7.52. The number of carbonyl (C=O) groups is 2. The van der Waals surface area contributed by atoms with Crippen molar-refractivity contribution in [3.8, 4) is 0 Å². The maximum Gasteiger partial charge on any atom is 0.308 e. The van der Waals surface area contributed by atoms with Crippen LogP contribution in [0.15, 0.2) is 0 Å². The molecule has 13 heavy (non-hydrogen) atoms. The van der Waals surface area contributed by atoms with Gasteiger partial charge in [0.2, 0.25) is 0 Å². The monoisotopic (exact) mass is 190 g/mol. The lowest BCUT2D eigenvalue weighted by Crippen LogP contribution is -2.16. The first kappa shape index (κ1) is 11.9. The van der Waals surface area contributed by atoms with Gasteiger partial charge < -0.3 is 14.9 Å². The van der Waals surface area contributed by atoms with Crippen molar-refractivity contribution in [1.29, 1.82) is 0 Å². The molecule has 0 aromatic rings. The Bertz CT molecular complexity index is 177. The summed E-state index contributed by atoms with van der Waals surface area (Å²) < 4.78 is 4.78. The minimum Gasteiger partial charge on any atom is -0.481 e. The highest BCUT2D eigenvalue weighted by molar-refractivity contribution is 5.70. The average Bonchev–Trinajstić information content (AvgIpc) is 2.01. The first-order valence-corrected chi connectivity index (χ1v) is 4.08. The molecule has 76 valence electrons. The van der Waals surface area contributed by atoms with Gasteiger partial charge in [-0.3, -0.25) is 9.59 Å². The Hall–Kier alpha value is -1.10. The normalized spacial score (nSPS) is 12.2. The molecule has 0 bridgehead atoms. The molecule has 0 fully saturated rings. The zero-order valence-electron chi connectivity index (χ0n) is 7.52. The van der Waals surface area contributed by atoms with Gasteiger partial charge in [-0.1, -0.05) is 0 Å². The van der Waals surface area contributed by atoms with Crippen LogP contribution < -0.4 is 0 Å². The number of aliphatic carboxylic acids is 1. The van der Waals surface area contributed by atoms with Gasteiger partial charge in [0.1, 0.15) is 0 Å². The smallest absolute Gasteiger partial charge is 0.308 e. The molecule has 0 saturated heterocycles. The third-order valence-electron chi connectivity index (χ3n) is 1.41. The predicted octanol–water partition coefficient (Wildman–Crippen LogP) is 0.165. The third kappa shape index (κ3) is 7.27. The van der Waals surface area contributed by atoms with E-state index < -0.39 is 18.0 Å². The van der Waals surface area contributed by atoms with Crippen molar-refractivity contribution < 1.29 is 24.5 Å². The van der Waals surface area contributed by atoms with Crippen LogP contribution in [0.5, 0.6) is 0 Å². The van der Waals surface area contributed by atoms with Gasteiger partial charge in [0.25, 0.3) is 0 Å². The minimum atomic E-state index is -0.912. The summed E-state index contributed by atoms with van der Waals surface area (Å²) in [6.07, 6.45) is -0.174. The quantitative estimate of drug-likeness (QED) is 0.583. The standard InChI is InChI=1S/C8H14O5/c1-6(2-3-7(10)11)13-8(12)4-5-9/h6,9H,2-5H2,1H3,(H,10,11). The van der Waals surface area contributed by atoms with Gasteiger partial charge >= 0.3 is 11.9 Å². The van der Waals surface area contributed by atoms with Crippen LogP contribution in [-0.2, 0) is 14.3 Å². The van der Waals surface area contributed by atoms with Crippen molar-refractivity contribution in [2.45, 2.75) is 32.3 Å². The van der Waals surface area contributed by atoms with E-state index in [1.807, 2.05) is 0 Å².